The Hall–Kier alpha value is -1.23. The lowest BCUT2D eigenvalue weighted by atomic mass is 10.4. The zero-order valence-corrected chi connectivity index (χ0v) is 7.24. The van der Waals surface area contributed by atoms with Gasteiger partial charge in [0.1, 0.15) is 11.6 Å². The van der Waals surface area contributed by atoms with Gasteiger partial charge in [-0.3, -0.25) is 0 Å². The molecule has 66 valence electrons. The van der Waals surface area contributed by atoms with Gasteiger partial charge < -0.3 is 10.5 Å². The monoisotopic (exact) mass is 168 g/mol. The van der Waals surface area contributed by atoms with E-state index in [1.165, 1.54) is 0 Å². The van der Waals surface area contributed by atoms with E-state index in [2.05, 4.69) is 15.0 Å². The van der Waals surface area contributed by atoms with Crippen molar-refractivity contribution in [3.8, 4) is 0 Å². The van der Waals surface area contributed by atoms with E-state index in [4.69, 9.17) is 10.5 Å². The second-order valence-electron chi connectivity index (χ2n) is 2.40. The average molecular weight is 168 g/mol. The molecule has 0 saturated heterocycles. The van der Waals surface area contributed by atoms with Crippen molar-refractivity contribution in [1.82, 2.24) is 15.0 Å². The van der Waals surface area contributed by atoms with Crippen molar-refractivity contribution in [3.05, 3.63) is 11.6 Å². The molecule has 0 aliphatic carbocycles. The number of nitrogens with zero attached hydrogens (tertiary/aromatic N) is 3. The first-order chi connectivity index (χ1) is 5.72. The van der Waals surface area contributed by atoms with Crippen LogP contribution in [0.25, 0.3) is 0 Å². The molecule has 5 heteroatoms. The molecule has 1 heterocycles. The van der Waals surface area contributed by atoms with Crippen LogP contribution in [0.3, 0.4) is 0 Å². The van der Waals surface area contributed by atoms with Crippen LogP contribution in [0.1, 0.15) is 11.6 Å². The lowest BCUT2D eigenvalue weighted by molar-refractivity contribution is 0.200. The Morgan fingerprint density at radius 1 is 1.33 bits per heavy atom. The highest BCUT2D eigenvalue weighted by Gasteiger charge is 1.99. The second kappa shape index (κ2) is 3.96. The molecule has 0 amide bonds. The number of methoxy groups -OCH3 is 1. The van der Waals surface area contributed by atoms with Gasteiger partial charge in [0, 0.05) is 13.5 Å². The Bertz CT molecular complexity index is 243. The Morgan fingerprint density at radius 3 is 2.67 bits per heavy atom. The van der Waals surface area contributed by atoms with Crippen LogP contribution in [0.4, 0.5) is 5.95 Å². The van der Waals surface area contributed by atoms with Crippen molar-refractivity contribution in [2.75, 3.05) is 19.5 Å². The normalized spacial score (nSPS) is 10.2. The third kappa shape index (κ3) is 2.43. The summed E-state index contributed by atoms with van der Waals surface area (Å²) in [6.45, 7) is 2.39. The van der Waals surface area contributed by atoms with Gasteiger partial charge in [0.25, 0.3) is 0 Å². The van der Waals surface area contributed by atoms with Crippen LogP contribution < -0.4 is 5.73 Å². The van der Waals surface area contributed by atoms with E-state index in [1.54, 1.807) is 14.0 Å². The maximum Gasteiger partial charge on any atom is 0.223 e. The van der Waals surface area contributed by atoms with Gasteiger partial charge in [0.2, 0.25) is 5.95 Å². The second-order valence-corrected chi connectivity index (χ2v) is 2.40. The summed E-state index contributed by atoms with van der Waals surface area (Å²) in [5, 5.41) is 0. The summed E-state index contributed by atoms with van der Waals surface area (Å²) in [6.07, 6.45) is 0.671. The summed E-state index contributed by atoms with van der Waals surface area (Å²) in [5.74, 6) is 1.60. The molecule has 2 N–H and O–H groups in total. The SMILES string of the molecule is COCCc1nc(C)nc(N)n1. The van der Waals surface area contributed by atoms with Crippen molar-refractivity contribution in [3.63, 3.8) is 0 Å². The number of ether oxygens (including phenoxy) is 1. The summed E-state index contributed by atoms with van der Waals surface area (Å²) in [4.78, 5) is 11.9. The molecule has 1 aromatic rings. The van der Waals surface area contributed by atoms with Crippen LogP contribution in [-0.4, -0.2) is 28.7 Å². The highest BCUT2D eigenvalue weighted by atomic mass is 16.5. The molecule has 0 unspecified atom stereocenters. The van der Waals surface area contributed by atoms with E-state index < -0.39 is 0 Å². The third-order valence-electron chi connectivity index (χ3n) is 1.34. The van der Waals surface area contributed by atoms with E-state index in [1.807, 2.05) is 0 Å². The minimum Gasteiger partial charge on any atom is -0.384 e. The summed E-state index contributed by atoms with van der Waals surface area (Å²) < 4.78 is 4.88. The summed E-state index contributed by atoms with van der Waals surface area (Å²) in [7, 11) is 1.64. The fourth-order valence-electron chi connectivity index (χ4n) is 0.865. The summed E-state index contributed by atoms with van der Waals surface area (Å²) >= 11 is 0. The predicted octanol–water partition coefficient (Wildman–Crippen LogP) is -0.0489. The molecule has 0 radical (unpaired) electrons. The first kappa shape index (κ1) is 8.86. The Balaban J connectivity index is 2.72. The molecule has 0 bridgehead atoms. The fraction of sp³-hybridized carbons (Fsp3) is 0.571. The first-order valence-corrected chi connectivity index (χ1v) is 3.68. The number of hydrogen-bond acceptors (Lipinski definition) is 5. The molecule has 0 aliphatic rings. The lowest BCUT2D eigenvalue weighted by Gasteiger charge is -2.00. The van der Waals surface area contributed by atoms with Gasteiger partial charge in [0.15, 0.2) is 0 Å². The summed E-state index contributed by atoms with van der Waals surface area (Å²) in [6, 6.07) is 0. The first-order valence-electron chi connectivity index (χ1n) is 3.68. The van der Waals surface area contributed by atoms with Gasteiger partial charge in [0.05, 0.1) is 6.61 Å². The number of rotatable bonds is 3. The third-order valence-corrected chi connectivity index (χ3v) is 1.34. The number of nitrogens with two attached hydrogens (primary N) is 1. The number of aryl methyl sites for hydroxylation is 1. The maximum atomic E-state index is 5.43. The molecular formula is C7H12N4O. The minimum absolute atomic E-state index is 0.272. The van der Waals surface area contributed by atoms with Crippen LogP contribution in [0.15, 0.2) is 0 Å². The molecule has 0 aliphatic heterocycles. The Kier molecular flexibility index (Phi) is 2.93. The lowest BCUT2D eigenvalue weighted by Crippen LogP contribution is -2.07. The van der Waals surface area contributed by atoms with Gasteiger partial charge in [-0.25, -0.2) is 4.98 Å². The molecule has 1 aromatic heterocycles. The quantitative estimate of drug-likeness (QED) is 0.685. The van der Waals surface area contributed by atoms with Crippen molar-refractivity contribution in [2.45, 2.75) is 13.3 Å². The van der Waals surface area contributed by atoms with Gasteiger partial charge >= 0.3 is 0 Å². The molecule has 5 nitrogen and oxygen atoms in total. The van der Waals surface area contributed by atoms with E-state index in [9.17, 15) is 0 Å². The fourth-order valence-corrected chi connectivity index (χ4v) is 0.865. The van der Waals surface area contributed by atoms with E-state index in [0.717, 1.165) is 0 Å². The van der Waals surface area contributed by atoms with Gasteiger partial charge in [-0.05, 0) is 6.92 Å². The molecule has 0 atom stereocenters. The van der Waals surface area contributed by atoms with Crippen molar-refractivity contribution in [1.29, 1.82) is 0 Å². The number of hydrogen-bond donors (Lipinski definition) is 1. The van der Waals surface area contributed by atoms with Crippen LogP contribution in [-0.2, 0) is 11.2 Å². The number of anilines is 1. The largest absolute Gasteiger partial charge is 0.384 e. The predicted molar refractivity (Wildman–Crippen MR) is 44.6 cm³/mol. The van der Waals surface area contributed by atoms with Crippen molar-refractivity contribution in [2.24, 2.45) is 0 Å². The molecule has 0 fully saturated rings. The summed E-state index contributed by atoms with van der Waals surface area (Å²) in [5.41, 5.74) is 5.43. The maximum absolute atomic E-state index is 5.43. The van der Waals surface area contributed by atoms with Crippen LogP contribution >= 0.6 is 0 Å². The van der Waals surface area contributed by atoms with E-state index >= 15 is 0 Å². The standard InChI is InChI=1S/C7H12N4O/c1-5-9-6(3-4-12-2)11-7(8)10-5/h3-4H2,1-2H3,(H2,8,9,10,11). The molecule has 12 heavy (non-hydrogen) atoms. The van der Waals surface area contributed by atoms with Gasteiger partial charge in [-0.1, -0.05) is 0 Å². The zero-order valence-electron chi connectivity index (χ0n) is 7.24. The molecular weight excluding hydrogens is 156 g/mol. The molecule has 0 aromatic carbocycles. The molecule has 1 rings (SSSR count). The number of aromatic nitrogens is 3. The Labute approximate surface area is 71.0 Å². The average Bonchev–Trinajstić information content (AvgIpc) is 1.99. The number of nitrogen functional groups attached to an aromatic ring is 1. The van der Waals surface area contributed by atoms with Gasteiger partial charge in [-0.15, -0.1) is 0 Å². The zero-order chi connectivity index (χ0) is 8.97. The molecule has 0 spiro atoms. The van der Waals surface area contributed by atoms with Crippen molar-refractivity contribution >= 4 is 5.95 Å². The van der Waals surface area contributed by atoms with Crippen molar-refractivity contribution < 1.29 is 4.74 Å². The van der Waals surface area contributed by atoms with Gasteiger partial charge in [-0.2, -0.15) is 9.97 Å². The topological polar surface area (TPSA) is 73.9 Å². The van der Waals surface area contributed by atoms with E-state index in [-0.39, 0.29) is 5.95 Å². The Morgan fingerprint density at radius 2 is 2.08 bits per heavy atom. The van der Waals surface area contributed by atoms with Crippen LogP contribution in [0.5, 0.6) is 0 Å². The highest BCUT2D eigenvalue weighted by Crippen LogP contribution is 1.96. The minimum atomic E-state index is 0.272. The smallest absolute Gasteiger partial charge is 0.223 e. The van der Waals surface area contributed by atoms with E-state index in [0.29, 0.717) is 24.7 Å². The van der Waals surface area contributed by atoms with Crippen LogP contribution in [0.2, 0.25) is 0 Å². The van der Waals surface area contributed by atoms with Crippen LogP contribution in [0, 0.1) is 6.92 Å². The highest BCUT2D eigenvalue weighted by molar-refractivity contribution is 5.15. The molecule has 0 saturated carbocycles.